The molecule has 0 aliphatic rings. The first-order chi connectivity index (χ1) is 12.5. The molecule has 0 bridgehead atoms. The number of nitrogens with one attached hydrogen (secondary N) is 2. The van der Waals surface area contributed by atoms with Crippen molar-refractivity contribution in [2.45, 2.75) is 11.4 Å². The number of nitrogens with zero attached hydrogens (tertiary/aromatic N) is 2. The molecule has 0 amide bonds. The summed E-state index contributed by atoms with van der Waals surface area (Å²) in [5, 5.41) is 2.80. The van der Waals surface area contributed by atoms with Crippen LogP contribution in [0.25, 0.3) is 11.1 Å². The lowest BCUT2D eigenvalue weighted by atomic mass is 10.1. The normalized spacial score (nSPS) is 11.3. The van der Waals surface area contributed by atoms with Gasteiger partial charge in [0.1, 0.15) is 5.82 Å². The summed E-state index contributed by atoms with van der Waals surface area (Å²) in [7, 11) is -1.99. The minimum atomic E-state index is -3.67. The Kier molecular flexibility index (Phi) is 5.24. The molecule has 3 aromatic rings. The number of benzene rings is 2. The summed E-state index contributed by atoms with van der Waals surface area (Å²) in [6, 6.07) is 14.1. The molecule has 0 saturated heterocycles. The standard InChI is InChI=1S/C18H17FN4O2S/c1-20-18-21-11-10-16(23-18)12-22-26(24,25)17-8-4-14(5-9-17)13-2-6-15(19)7-3-13/h2-11,22H,12H2,1H3,(H,20,21,23). The lowest BCUT2D eigenvalue weighted by Crippen LogP contribution is -2.23. The molecule has 1 aromatic heterocycles. The average molecular weight is 372 g/mol. The van der Waals surface area contributed by atoms with Crippen molar-refractivity contribution in [3.8, 4) is 11.1 Å². The van der Waals surface area contributed by atoms with Crippen molar-refractivity contribution in [3.05, 3.63) is 72.3 Å². The largest absolute Gasteiger partial charge is 0.357 e. The van der Waals surface area contributed by atoms with Crippen molar-refractivity contribution in [2.24, 2.45) is 0 Å². The van der Waals surface area contributed by atoms with E-state index in [4.69, 9.17) is 0 Å². The molecule has 0 spiro atoms. The highest BCUT2D eigenvalue weighted by molar-refractivity contribution is 7.89. The topological polar surface area (TPSA) is 84.0 Å². The molecule has 26 heavy (non-hydrogen) atoms. The molecule has 0 saturated carbocycles. The van der Waals surface area contributed by atoms with Crippen LogP contribution in [0.2, 0.25) is 0 Å². The average Bonchev–Trinajstić information content (AvgIpc) is 2.67. The van der Waals surface area contributed by atoms with Gasteiger partial charge in [0.05, 0.1) is 17.1 Å². The van der Waals surface area contributed by atoms with E-state index in [0.717, 1.165) is 11.1 Å². The molecule has 8 heteroatoms. The van der Waals surface area contributed by atoms with E-state index in [2.05, 4.69) is 20.0 Å². The second-order valence-electron chi connectivity index (χ2n) is 5.48. The molecule has 0 unspecified atom stereocenters. The van der Waals surface area contributed by atoms with Crippen LogP contribution in [0.3, 0.4) is 0 Å². The third kappa shape index (κ3) is 4.22. The maximum atomic E-state index is 13.0. The Morgan fingerprint density at radius 3 is 2.19 bits per heavy atom. The van der Waals surface area contributed by atoms with Gasteiger partial charge in [0, 0.05) is 13.2 Å². The summed E-state index contributed by atoms with van der Waals surface area (Å²) in [6.45, 7) is 0.0548. The lowest BCUT2D eigenvalue weighted by Gasteiger charge is -2.08. The molecule has 2 aromatic carbocycles. The molecule has 0 atom stereocenters. The zero-order valence-corrected chi connectivity index (χ0v) is 14.8. The fourth-order valence-corrected chi connectivity index (χ4v) is 3.34. The van der Waals surface area contributed by atoms with Crippen molar-refractivity contribution in [1.82, 2.24) is 14.7 Å². The van der Waals surface area contributed by atoms with Gasteiger partial charge in [0.2, 0.25) is 16.0 Å². The quantitative estimate of drug-likeness (QED) is 0.695. The first-order valence-electron chi connectivity index (χ1n) is 7.83. The van der Waals surface area contributed by atoms with Gasteiger partial charge in [-0.2, -0.15) is 0 Å². The lowest BCUT2D eigenvalue weighted by molar-refractivity contribution is 0.580. The van der Waals surface area contributed by atoms with Crippen molar-refractivity contribution < 1.29 is 12.8 Å². The smallest absolute Gasteiger partial charge is 0.240 e. The summed E-state index contributed by atoms with van der Waals surface area (Å²) < 4.78 is 40.4. The maximum absolute atomic E-state index is 13.0. The number of hydrogen-bond acceptors (Lipinski definition) is 5. The Hall–Kier alpha value is -2.84. The Morgan fingerprint density at radius 2 is 1.58 bits per heavy atom. The van der Waals surface area contributed by atoms with E-state index >= 15 is 0 Å². The van der Waals surface area contributed by atoms with E-state index in [-0.39, 0.29) is 17.3 Å². The summed E-state index contributed by atoms with van der Waals surface area (Å²) in [5.74, 6) is 0.105. The van der Waals surface area contributed by atoms with Crippen LogP contribution in [-0.2, 0) is 16.6 Å². The Labute approximate surface area is 151 Å². The van der Waals surface area contributed by atoms with Gasteiger partial charge in [-0.25, -0.2) is 27.5 Å². The van der Waals surface area contributed by atoms with Crippen molar-refractivity contribution in [1.29, 1.82) is 0 Å². The van der Waals surface area contributed by atoms with E-state index in [1.807, 2.05) is 0 Å². The van der Waals surface area contributed by atoms with Gasteiger partial charge in [-0.3, -0.25) is 0 Å². The Bertz CT molecular complexity index is 990. The predicted octanol–water partition coefficient (Wildman–Crippen LogP) is 2.80. The zero-order valence-electron chi connectivity index (χ0n) is 14.0. The molecule has 3 rings (SSSR count). The van der Waals surface area contributed by atoms with Crippen LogP contribution < -0.4 is 10.0 Å². The third-order valence-electron chi connectivity index (χ3n) is 3.72. The molecule has 0 radical (unpaired) electrons. The first-order valence-corrected chi connectivity index (χ1v) is 9.31. The molecule has 2 N–H and O–H groups in total. The van der Waals surface area contributed by atoms with Crippen LogP contribution in [0.1, 0.15) is 5.69 Å². The molecular formula is C18H17FN4O2S. The van der Waals surface area contributed by atoms with E-state index in [9.17, 15) is 12.8 Å². The highest BCUT2D eigenvalue weighted by Crippen LogP contribution is 2.21. The molecule has 6 nitrogen and oxygen atoms in total. The minimum absolute atomic E-state index is 0.0548. The number of halogens is 1. The molecule has 0 aliphatic heterocycles. The third-order valence-corrected chi connectivity index (χ3v) is 5.14. The Morgan fingerprint density at radius 1 is 0.962 bits per heavy atom. The van der Waals surface area contributed by atoms with Crippen molar-refractivity contribution in [2.75, 3.05) is 12.4 Å². The second kappa shape index (κ2) is 7.59. The van der Waals surface area contributed by atoms with Gasteiger partial charge < -0.3 is 5.32 Å². The fraction of sp³-hybridized carbons (Fsp3) is 0.111. The van der Waals surface area contributed by atoms with Crippen LogP contribution >= 0.6 is 0 Å². The fourth-order valence-electron chi connectivity index (χ4n) is 2.34. The van der Waals surface area contributed by atoms with Crippen LogP contribution in [0, 0.1) is 5.82 Å². The highest BCUT2D eigenvalue weighted by atomic mass is 32.2. The van der Waals surface area contributed by atoms with Crippen LogP contribution in [0.5, 0.6) is 0 Å². The maximum Gasteiger partial charge on any atom is 0.240 e. The molecule has 134 valence electrons. The van der Waals surface area contributed by atoms with E-state index in [0.29, 0.717) is 11.6 Å². The van der Waals surface area contributed by atoms with Gasteiger partial charge in [0.15, 0.2) is 0 Å². The Balaban J connectivity index is 1.73. The van der Waals surface area contributed by atoms with Crippen LogP contribution in [0.15, 0.2) is 65.7 Å². The monoisotopic (exact) mass is 372 g/mol. The van der Waals surface area contributed by atoms with Crippen molar-refractivity contribution in [3.63, 3.8) is 0 Å². The number of aromatic nitrogens is 2. The number of anilines is 1. The first kappa shape index (κ1) is 18.0. The highest BCUT2D eigenvalue weighted by Gasteiger charge is 2.14. The molecular weight excluding hydrogens is 355 g/mol. The van der Waals surface area contributed by atoms with E-state index in [1.54, 1.807) is 43.6 Å². The van der Waals surface area contributed by atoms with Gasteiger partial charge >= 0.3 is 0 Å². The summed E-state index contributed by atoms with van der Waals surface area (Å²) >= 11 is 0. The van der Waals surface area contributed by atoms with E-state index in [1.165, 1.54) is 24.3 Å². The van der Waals surface area contributed by atoms with Crippen LogP contribution in [-0.4, -0.2) is 25.4 Å². The van der Waals surface area contributed by atoms with Gasteiger partial charge in [-0.15, -0.1) is 0 Å². The summed E-state index contributed by atoms with van der Waals surface area (Å²) in [6.07, 6.45) is 1.56. The van der Waals surface area contributed by atoms with Crippen LogP contribution in [0.4, 0.5) is 10.3 Å². The molecule has 0 aliphatic carbocycles. The SMILES string of the molecule is CNc1nccc(CNS(=O)(=O)c2ccc(-c3ccc(F)cc3)cc2)n1. The number of hydrogen-bond donors (Lipinski definition) is 2. The van der Waals surface area contributed by atoms with Crippen molar-refractivity contribution >= 4 is 16.0 Å². The number of rotatable bonds is 6. The second-order valence-corrected chi connectivity index (χ2v) is 7.24. The van der Waals surface area contributed by atoms with Gasteiger partial charge in [-0.05, 0) is 41.5 Å². The zero-order chi connectivity index (χ0) is 18.6. The van der Waals surface area contributed by atoms with E-state index < -0.39 is 10.0 Å². The molecule has 1 heterocycles. The predicted molar refractivity (Wildman–Crippen MR) is 97.4 cm³/mol. The molecule has 0 fully saturated rings. The summed E-state index contributed by atoms with van der Waals surface area (Å²) in [5.41, 5.74) is 2.16. The van der Waals surface area contributed by atoms with Gasteiger partial charge in [-0.1, -0.05) is 24.3 Å². The van der Waals surface area contributed by atoms with Gasteiger partial charge in [0.25, 0.3) is 0 Å². The summed E-state index contributed by atoms with van der Waals surface area (Å²) in [4.78, 5) is 8.30. The minimum Gasteiger partial charge on any atom is -0.357 e. The number of sulfonamides is 1.